The van der Waals surface area contributed by atoms with Crippen LogP contribution in [0.15, 0.2) is 48.7 Å². The summed E-state index contributed by atoms with van der Waals surface area (Å²) in [6.45, 7) is 2.08. The van der Waals surface area contributed by atoms with Gasteiger partial charge in [0.15, 0.2) is 5.82 Å². The maximum Gasteiger partial charge on any atom is 0.150 e. The molecule has 2 aromatic carbocycles. The maximum atomic E-state index is 14.3. The molecule has 3 N–H and O–H groups in total. The van der Waals surface area contributed by atoms with E-state index in [0.29, 0.717) is 16.9 Å². The average Bonchev–Trinajstić information content (AvgIpc) is 2.51. The van der Waals surface area contributed by atoms with Crippen LogP contribution in [0.25, 0.3) is 10.9 Å². The molecule has 3 nitrogen and oxygen atoms in total. The zero-order valence-electron chi connectivity index (χ0n) is 11.7. The quantitative estimate of drug-likeness (QED) is 0.705. The van der Waals surface area contributed by atoms with Gasteiger partial charge in [-0.2, -0.15) is 0 Å². The van der Waals surface area contributed by atoms with E-state index in [0.717, 1.165) is 17.5 Å². The number of nitrogens with zero attached hydrogens (tertiary/aromatic N) is 1. The fourth-order valence-electron chi connectivity index (χ4n) is 2.37. The van der Waals surface area contributed by atoms with Gasteiger partial charge in [0, 0.05) is 23.0 Å². The summed E-state index contributed by atoms with van der Waals surface area (Å²) < 4.78 is 14.3. The molecule has 0 unspecified atom stereocenters. The third kappa shape index (κ3) is 2.52. The number of rotatable bonds is 3. The van der Waals surface area contributed by atoms with Crippen LogP contribution in [0.5, 0.6) is 0 Å². The number of benzene rings is 2. The number of halogens is 1. The number of nitrogens with one attached hydrogen (secondary N) is 1. The summed E-state index contributed by atoms with van der Waals surface area (Å²) in [5, 5.41) is 3.87. The van der Waals surface area contributed by atoms with Crippen LogP contribution < -0.4 is 11.1 Å². The highest BCUT2D eigenvalue weighted by Crippen LogP contribution is 2.31. The Morgan fingerprint density at radius 1 is 1.19 bits per heavy atom. The minimum Gasteiger partial charge on any atom is -0.398 e. The molecule has 0 amide bonds. The Morgan fingerprint density at radius 2 is 2.05 bits per heavy atom. The summed E-state index contributed by atoms with van der Waals surface area (Å²) in [7, 11) is 0. The molecule has 0 saturated heterocycles. The first kappa shape index (κ1) is 13.4. The molecule has 0 fully saturated rings. The third-order valence-electron chi connectivity index (χ3n) is 3.48. The van der Waals surface area contributed by atoms with E-state index in [4.69, 9.17) is 5.73 Å². The molecular formula is C17H16FN3. The highest BCUT2D eigenvalue weighted by molar-refractivity contribution is 5.99. The zero-order chi connectivity index (χ0) is 14.8. The number of hydrogen-bond acceptors (Lipinski definition) is 3. The van der Waals surface area contributed by atoms with Crippen LogP contribution in [0, 0.1) is 5.82 Å². The predicted octanol–water partition coefficient (Wildman–Crippen LogP) is 4.26. The molecule has 0 aliphatic rings. The molecule has 4 heteroatoms. The van der Waals surface area contributed by atoms with Crippen molar-refractivity contribution in [3.8, 4) is 0 Å². The van der Waals surface area contributed by atoms with Gasteiger partial charge >= 0.3 is 0 Å². The van der Waals surface area contributed by atoms with E-state index in [9.17, 15) is 4.39 Å². The average molecular weight is 281 g/mol. The number of pyridine rings is 1. The van der Waals surface area contributed by atoms with Crippen molar-refractivity contribution >= 4 is 28.0 Å². The van der Waals surface area contributed by atoms with E-state index in [1.807, 2.05) is 30.3 Å². The second-order valence-corrected chi connectivity index (χ2v) is 4.90. The molecule has 3 aromatic rings. The normalized spacial score (nSPS) is 10.8. The van der Waals surface area contributed by atoms with Crippen molar-refractivity contribution in [1.82, 2.24) is 4.98 Å². The molecule has 3 rings (SSSR count). The van der Waals surface area contributed by atoms with Gasteiger partial charge in [0.1, 0.15) is 5.69 Å². The van der Waals surface area contributed by atoms with Gasteiger partial charge in [-0.15, -0.1) is 0 Å². The molecule has 0 aliphatic heterocycles. The van der Waals surface area contributed by atoms with Gasteiger partial charge in [0.05, 0.1) is 5.52 Å². The standard InChI is InChI=1S/C17H16FN3/c1-2-11-5-3-6-12(9-11)21-17-14(18)10-15(19)13-7-4-8-20-16(13)17/h3-10,21H,2,19H2,1H3. The summed E-state index contributed by atoms with van der Waals surface area (Å²) in [5.41, 5.74) is 9.17. The van der Waals surface area contributed by atoms with Crippen LogP contribution in [0.1, 0.15) is 12.5 Å². The molecule has 0 radical (unpaired) electrons. The van der Waals surface area contributed by atoms with E-state index < -0.39 is 5.82 Å². The topological polar surface area (TPSA) is 50.9 Å². The number of nitrogens with two attached hydrogens (primary N) is 1. The van der Waals surface area contributed by atoms with Crippen LogP contribution in [-0.4, -0.2) is 4.98 Å². The number of aryl methyl sites for hydroxylation is 1. The first-order valence-electron chi connectivity index (χ1n) is 6.87. The van der Waals surface area contributed by atoms with Gasteiger partial charge in [0.2, 0.25) is 0 Å². The van der Waals surface area contributed by atoms with Crippen molar-refractivity contribution < 1.29 is 4.39 Å². The fraction of sp³-hybridized carbons (Fsp3) is 0.118. The van der Waals surface area contributed by atoms with E-state index >= 15 is 0 Å². The lowest BCUT2D eigenvalue weighted by Crippen LogP contribution is -1.99. The van der Waals surface area contributed by atoms with Crippen molar-refractivity contribution in [3.63, 3.8) is 0 Å². The Balaban J connectivity index is 2.11. The van der Waals surface area contributed by atoms with E-state index in [-0.39, 0.29) is 0 Å². The SMILES string of the molecule is CCc1cccc(Nc2c(F)cc(N)c3cccnc23)c1. The highest BCUT2D eigenvalue weighted by atomic mass is 19.1. The van der Waals surface area contributed by atoms with Crippen LogP contribution in [0.2, 0.25) is 0 Å². The van der Waals surface area contributed by atoms with Crippen LogP contribution in [-0.2, 0) is 6.42 Å². The van der Waals surface area contributed by atoms with E-state index in [1.54, 1.807) is 12.3 Å². The Bertz CT molecular complexity index is 799. The molecule has 0 bridgehead atoms. The van der Waals surface area contributed by atoms with Gasteiger partial charge in [-0.25, -0.2) is 4.39 Å². The van der Waals surface area contributed by atoms with E-state index in [2.05, 4.69) is 17.2 Å². The lowest BCUT2D eigenvalue weighted by atomic mass is 10.1. The number of anilines is 3. The molecule has 0 spiro atoms. The second-order valence-electron chi connectivity index (χ2n) is 4.90. The maximum absolute atomic E-state index is 14.3. The lowest BCUT2D eigenvalue weighted by molar-refractivity contribution is 0.634. The summed E-state index contributed by atoms with van der Waals surface area (Å²) in [5.74, 6) is -0.402. The van der Waals surface area contributed by atoms with Gasteiger partial charge in [-0.3, -0.25) is 4.98 Å². The summed E-state index contributed by atoms with van der Waals surface area (Å²) in [6, 6.07) is 12.9. The smallest absolute Gasteiger partial charge is 0.150 e. The molecular weight excluding hydrogens is 265 g/mol. The molecule has 0 saturated carbocycles. The summed E-state index contributed by atoms with van der Waals surface area (Å²) in [4.78, 5) is 4.26. The second kappa shape index (κ2) is 5.40. The Morgan fingerprint density at radius 3 is 2.86 bits per heavy atom. The Hall–Kier alpha value is -2.62. The van der Waals surface area contributed by atoms with Gasteiger partial charge < -0.3 is 11.1 Å². The molecule has 1 aromatic heterocycles. The lowest BCUT2D eigenvalue weighted by Gasteiger charge is -2.12. The Kier molecular flexibility index (Phi) is 3.44. The molecule has 0 aliphatic carbocycles. The predicted molar refractivity (Wildman–Crippen MR) is 85.2 cm³/mol. The van der Waals surface area contributed by atoms with Crippen molar-refractivity contribution in [2.45, 2.75) is 13.3 Å². The first-order valence-corrected chi connectivity index (χ1v) is 6.87. The number of aromatic nitrogens is 1. The molecule has 0 atom stereocenters. The molecule has 106 valence electrons. The number of nitrogen functional groups attached to an aromatic ring is 1. The number of fused-ring (bicyclic) bond motifs is 1. The fourth-order valence-corrected chi connectivity index (χ4v) is 2.37. The molecule has 1 heterocycles. The summed E-state index contributed by atoms with van der Waals surface area (Å²) >= 11 is 0. The minimum absolute atomic E-state index is 0.355. The summed E-state index contributed by atoms with van der Waals surface area (Å²) in [6.07, 6.45) is 2.56. The van der Waals surface area contributed by atoms with Crippen LogP contribution >= 0.6 is 0 Å². The third-order valence-corrected chi connectivity index (χ3v) is 3.48. The van der Waals surface area contributed by atoms with E-state index in [1.165, 1.54) is 11.6 Å². The highest BCUT2D eigenvalue weighted by Gasteiger charge is 2.12. The van der Waals surface area contributed by atoms with Crippen molar-refractivity contribution in [2.75, 3.05) is 11.1 Å². The monoisotopic (exact) mass is 281 g/mol. The largest absolute Gasteiger partial charge is 0.398 e. The zero-order valence-corrected chi connectivity index (χ0v) is 11.7. The van der Waals surface area contributed by atoms with Crippen molar-refractivity contribution in [1.29, 1.82) is 0 Å². The van der Waals surface area contributed by atoms with Crippen molar-refractivity contribution in [2.24, 2.45) is 0 Å². The van der Waals surface area contributed by atoms with Crippen LogP contribution in [0.3, 0.4) is 0 Å². The van der Waals surface area contributed by atoms with Gasteiger partial charge in [-0.1, -0.05) is 19.1 Å². The number of hydrogen-bond donors (Lipinski definition) is 2. The van der Waals surface area contributed by atoms with Crippen molar-refractivity contribution in [3.05, 3.63) is 60.0 Å². The van der Waals surface area contributed by atoms with Gasteiger partial charge in [-0.05, 0) is 42.3 Å². The first-order chi connectivity index (χ1) is 10.2. The van der Waals surface area contributed by atoms with Gasteiger partial charge in [0.25, 0.3) is 0 Å². The molecule has 21 heavy (non-hydrogen) atoms. The Labute approximate surface area is 122 Å². The van der Waals surface area contributed by atoms with Crippen LogP contribution in [0.4, 0.5) is 21.5 Å². The minimum atomic E-state index is -0.402.